The van der Waals surface area contributed by atoms with Crippen molar-refractivity contribution < 1.29 is 14.2 Å². The number of ether oxygens (including phenoxy) is 3. The standard InChI is InChI=1S/C13H17ClO3/c1-3-16-13-9(14)8-12(13)17-11-7-5-4-6-10(11)15-2/h4-7,9,12-13H,3,8H2,1-2H3. The van der Waals surface area contributed by atoms with Crippen LogP contribution in [-0.2, 0) is 4.74 Å². The van der Waals surface area contributed by atoms with Gasteiger partial charge in [-0.2, -0.15) is 0 Å². The minimum atomic E-state index is -0.0217. The highest BCUT2D eigenvalue weighted by Crippen LogP contribution is 2.36. The fourth-order valence-corrected chi connectivity index (χ4v) is 2.34. The maximum Gasteiger partial charge on any atom is 0.161 e. The van der Waals surface area contributed by atoms with Gasteiger partial charge >= 0.3 is 0 Å². The molecule has 94 valence electrons. The zero-order chi connectivity index (χ0) is 12.3. The molecule has 1 aliphatic carbocycles. The van der Waals surface area contributed by atoms with E-state index in [1.807, 2.05) is 31.2 Å². The molecule has 1 aromatic carbocycles. The van der Waals surface area contributed by atoms with Crippen LogP contribution < -0.4 is 9.47 Å². The summed E-state index contributed by atoms with van der Waals surface area (Å²) in [7, 11) is 1.63. The van der Waals surface area contributed by atoms with Gasteiger partial charge in [-0.05, 0) is 19.1 Å². The second kappa shape index (κ2) is 5.61. The molecule has 17 heavy (non-hydrogen) atoms. The lowest BCUT2D eigenvalue weighted by Gasteiger charge is -2.40. The van der Waals surface area contributed by atoms with Crippen molar-refractivity contribution in [2.24, 2.45) is 0 Å². The van der Waals surface area contributed by atoms with Crippen LogP contribution >= 0.6 is 11.6 Å². The van der Waals surface area contributed by atoms with Gasteiger partial charge in [-0.15, -0.1) is 11.6 Å². The van der Waals surface area contributed by atoms with Crippen LogP contribution in [0, 0.1) is 0 Å². The number of hydrogen-bond donors (Lipinski definition) is 0. The summed E-state index contributed by atoms with van der Waals surface area (Å²) in [6.07, 6.45) is 0.810. The van der Waals surface area contributed by atoms with Crippen molar-refractivity contribution in [2.75, 3.05) is 13.7 Å². The molecule has 0 bridgehead atoms. The van der Waals surface area contributed by atoms with Crippen LogP contribution in [0.5, 0.6) is 11.5 Å². The average molecular weight is 257 g/mol. The highest BCUT2D eigenvalue weighted by atomic mass is 35.5. The summed E-state index contributed by atoms with van der Waals surface area (Å²) in [5, 5.41) is 0.0506. The van der Waals surface area contributed by atoms with Crippen molar-refractivity contribution in [3.8, 4) is 11.5 Å². The van der Waals surface area contributed by atoms with E-state index in [1.165, 1.54) is 0 Å². The smallest absolute Gasteiger partial charge is 0.161 e. The molecule has 1 fully saturated rings. The molecule has 1 aliphatic rings. The lowest BCUT2D eigenvalue weighted by atomic mass is 9.91. The van der Waals surface area contributed by atoms with E-state index >= 15 is 0 Å². The minimum absolute atomic E-state index is 0.0217. The molecule has 0 radical (unpaired) electrons. The third-order valence-corrected chi connectivity index (χ3v) is 3.31. The zero-order valence-corrected chi connectivity index (χ0v) is 10.8. The average Bonchev–Trinajstić information content (AvgIpc) is 2.36. The molecule has 0 aliphatic heterocycles. The first-order valence-corrected chi connectivity index (χ1v) is 6.25. The Labute approximate surface area is 107 Å². The summed E-state index contributed by atoms with van der Waals surface area (Å²) >= 11 is 6.09. The predicted molar refractivity (Wildman–Crippen MR) is 67.1 cm³/mol. The molecule has 0 spiro atoms. The Kier molecular flexibility index (Phi) is 4.13. The van der Waals surface area contributed by atoms with Gasteiger partial charge in [-0.25, -0.2) is 0 Å². The second-order valence-electron chi connectivity index (χ2n) is 3.98. The first-order chi connectivity index (χ1) is 8.26. The van der Waals surface area contributed by atoms with Crippen LogP contribution in [0.25, 0.3) is 0 Å². The zero-order valence-electron chi connectivity index (χ0n) is 10.1. The van der Waals surface area contributed by atoms with E-state index in [4.69, 9.17) is 25.8 Å². The summed E-state index contributed by atoms with van der Waals surface area (Å²) in [5.41, 5.74) is 0. The number of rotatable bonds is 5. The van der Waals surface area contributed by atoms with Crippen molar-refractivity contribution in [3.05, 3.63) is 24.3 Å². The Morgan fingerprint density at radius 2 is 2.00 bits per heavy atom. The minimum Gasteiger partial charge on any atom is -0.493 e. The lowest BCUT2D eigenvalue weighted by Crippen LogP contribution is -2.52. The van der Waals surface area contributed by atoms with E-state index in [0.29, 0.717) is 6.61 Å². The van der Waals surface area contributed by atoms with Gasteiger partial charge in [0, 0.05) is 13.0 Å². The van der Waals surface area contributed by atoms with Crippen LogP contribution in [0.1, 0.15) is 13.3 Å². The van der Waals surface area contributed by atoms with Gasteiger partial charge in [-0.1, -0.05) is 12.1 Å². The maximum absolute atomic E-state index is 6.09. The van der Waals surface area contributed by atoms with E-state index < -0.39 is 0 Å². The molecular weight excluding hydrogens is 240 g/mol. The van der Waals surface area contributed by atoms with E-state index in [1.54, 1.807) is 7.11 Å². The molecule has 4 heteroatoms. The van der Waals surface area contributed by atoms with E-state index in [9.17, 15) is 0 Å². The molecular formula is C13H17ClO3. The SMILES string of the molecule is CCOC1C(Cl)CC1Oc1ccccc1OC. The molecule has 0 saturated heterocycles. The second-order valence-corrected chi connectivity index (χ2v) is 4.54. The normalized spacial score (nSPS) is 27.4. The first kappa shape index (κ1) is 12.5. The molecule has 1 aromatic rings. The van der Waals surface area contributed by atoms with Gasteiger partial charge in [0.05, 0.1) is 12.5 Å². The van der Waals surface area contributed by atoms with Crippen LogP contribution in [0.3, 0.4) is 0 Å². The van der Waals surface area contributed by atoms with E-state index in [-0.39, 0.29) is 17.6 Å². The molecule has 3 unspecified atom stereocenters. The molecule has 0 heterocycles. The third kappa shape index (κ3) is 2.67. The number of hydrogen-bond acceptors (Lipinski definition) is 3. The van der Waals surface area contributed by atoms with Crippen molar-refractivity contribution >= 4 is 11.6 Å². The molecule has 0 amide bonds. The van der Waals surface area contributed by atoms with Crippen molar-refractivity contribution in [1.82, 2.24) is 0 Å². The topological polar surface area (TPSA) is 27.7 Å². The van der Waals surface area contributed by atoms with Crippen LogP contribution in [0.4, 0.5) is 0 Å². The quantitative estimate of drug-likeness (QED) is 0.759. The van der Waals surface area contributed by atoms with Gasteiger partial charge in [0.15, 0.2) is 11.5 Å². The molecule has 3 nitrogen and oxygen atoms in total. The molecule has 3 atom stereocenters. The summed E-state index contributed by atoms with van der Waals surface area (Å²) < 4.78 is 16.7. The molecule has 2 rings (SSSR count). The van der Waals surface area contributed by atoms with Crippen molar-refractivity contribution in [2.45, 2.75) is 30.9 Å². The lowest BCUT2D eigenvalue weighted by molar-refractivity contribution is -0.0765. The maximum atomic E-state index is 6.09. The first-order valence-electron chi connectivity index (χ1n) is 5.81. The number of para-hydroxylation sites is 2. The van der Waals surface area contributed by atoms with Crippen molar-refractivity contribution in [3.63, 3.8) is 0 Å². The Morgan fingerprint density at radius 3 is 2.59 bits per heavy atom. The third-order valence-electron chi connectivity index (χ3n) is 2.89. The fraction of sp³-hybridized carbons (Fsp3) is 0.538. The van der Waals surface area contributed by atoms with E-state index in [0.717, 1.165) is 17.9 Å². The Balaban J connectivity index is 2.01. The van der Waals surface area contributed by atoms with Gasteiger partial charge in [0.2, 0.25) is 0 Å². The fourth-order valence-electron chi connectivity index (χ4n) is 1.93. The van der Waals surface area contributed by atoms with Gasteiger partial charge in [0.25, 0.3) is 0 Å². The highest BCUT2D eigenvalue weighted by molar-refractivity contribution is 6.21. The van der Waals surface area contributed by atoms with Crippen LogP contribution in [0.2, 0.25) is 0 Å². The number of benzene rings is 1. The summed E-state index contributed by atoms with van der Waals surface area (Å²) in [5.74, 6) is 1.48. The Hall–Kier alpha value is -0.930. The van der Waals surface area contributed by atoms with Crippen molar-refractivity contribution in [1.29, 1.82) is 0 Å². The largest absolute Gasteiger partial charge is 0.493 e. The number of alkyl halides is 1. The molecule has 1 saturated carbocycles. The summed E-state index contributed by atoms with van der Waals surface area (Å²) in [6, 6.07) is 7.60. The monoisotopic (exact) mass is 256 g/mol. The Morgan fingerprint density at radius 1 is 1.29 bits per heavy atom. The molecule has 0 aromatic heterocycles. The van der Waals surface area contributed by atoms with E-state index in [2.05, 4.69) is 0 Å². The highest BCUT2D eigenvalue weighted by Gasteiger charge is 2.42. The Bertz CT molecular complexity index is 369. The number of halogens is 1. The van der Waals surface area contributed by atoms with Gasteiger partial charge in [-0.3, -0.25) is 0 Å². The molecule has 0 N–H and O–H groups in total. The van der Waals surface area contributed by atoms with Crippen LogP contribution in [0.15, 0.2) is 24.3 Å². The number of methoxy groups -OCH3 is 1. The summed E-state index contributed by atoms with van der Waals surface area (Å²) in [4.78, 5) is 0. The van der Waals surface area contributed by atoms with Gasteiger partial charge in [0.1, 0.15) is 12.2 Å². The van der Waals surface area contributed by atoms with Gasteiger partial charge < -0.3 is 14.2 Å². The predicted octanol–water partition coefficient (Wildman–Crippen LogP) is 2.86. The summed E-state index contributed by atoms with van der Waals surface area (Å²) in [6.45, 7) is 2.61. The van der Waals surface area contributed by atoms with Crippen LogP contribution in [-0.4, -0.2) is 31.3 Å².